The molecule has 2 aromatic carbocycles. The summed E-state index contributed by atoms with van der Waals surface area (Å²) in [5.74, 6) is -1.02. The molecule has 7 nitrogen and oxygen atoms in total. The molecule has 148 valence electrons. The van der Waals surface area contributed by atoms with Crippen molar-refractivity contribution in [2.75, 3.05) is 6.61 Å². The molecule has 1 aliphatic rings. The number of urea groups is 1. The van der Waals surface area contributed by atoms with Crippen molar-refractivity contribution >= 4 is 28.9 Å². The summed E-state index contributed by atoms with van der Waals surface area (Å²) in [6, 6.07) is 15.6. The number of esters is 1. The summed E-state index contributed by atoms with van der Waals surface area (Å²) >= 11 is 0. The summed E-state index contributed by atoms with van der Waals surface area (Å²) < 4.78 is 10.8. The van der Waals surface area contributed by atoms with Gasteiger partial charge in [0.2, 0.25) is 5.76 Å². The number of hydrogen-bond donors (Lipinski definition) is 1. The molecule has 0 radical (unpaired) electrons. The van der Waals surface area contributed by atoms with Crippen molar-refractivity contribution in [2.24, 2.45) is 0 Å². The molecule has 4 rings (SSSR count). The number of para-hydroxylation sites is 1. The maximum absolute atomic E-state index is 13.2. The Hall–Kier alpha value is -3.61. The van der Waals surface area contributed by atoms with Crippen LogP contribution >= 0.6 is 0 Å². The van der Waals surface area contributed by atoms with Crippen LogP contribution < -0.4 is 5.32 Å². The fourth-order valence-corrected chi connectivity index (χ4v) is 3.58. The zero-order valence-electron chi connectivity index (χ0n) is 16.1. The largest absolute Gasteiger partial charge is 0.460 e. The quantitative estimate of drug-likeness (QED) is 0.530. The van der Waals surface area contributed by atoms with Crippen molar-refractivity contribution in [3.8, 4) is 0 Å². The van der Waals surface area contributed by atoms with E-state index in [9.17, 15) is 14.4 Å². The highest BCUT2D eigenvalue weighted by atomic mass is 16.5. The molecule has 0 spiro atoms. The molecule has 0 saturated carbocycles. The van der Waals surface area contributed by atoms with Crippen molar-refractivity contribution in [2.45, 2.75) is 25.9 Å². The first-order chi connectivity index (χ1) is 14.0. The smallest absolute Gasteiger partial charge is 0.374 e. The lowest BCUT2D eigenvalue weighted by atomic mass is 9.92. The molecule has 1 aliphatic heterocycles. The first-order valence-corrected chi connectivity index (χ1v) is 9.33. The lowest BCUT2D eigenvalue weighted by Crippen LogP contribution is -2.40. The van der Waals surface area contributed by atoms with Crippen LogP contribution in [0.15, 0.2) is 59.0 Å². The number of carbonyl (C=O) groups excluding carboxylic acids is 3. The van der Waals surface area contributed by atoms with Gasteiger partial charge in [-0.15, -0.1) is 0 Å². The second kappa shape index (κ2) is 7.09. The minimum Gasteiger partial charge on any atom is -0.460 e. The topological polar surface area (TPSA) is 88.8 Å². The van der Waals surface area contributed by atoms with Gasteiger partial charge in [-0.1, -0.05) is 48.5 Å². The van der Waals surface area contributed by atoms with Gasteiger partial charge in [0.1, 0.15) is 11.1 Å². The number of fused-ring (bicyclic) bond motifs is 1. The van der Waals surface area contributed by atoms with E-state index >= 15 is 0 Å². The first-order valence-electron chi connectivity index (χ1n) is 9.33. The lowest BCUT2D eigenvalue weighted by Gasteiger charge is -2.22. The van der Waals surface area contributed by atoms with E-state index in [1.54, 1.807) is 50.2 Å². The van der Waals surface area contributed by atoms with Crippen molar-refractivity contribution in [1.29, 1.82) is 0 Å². The Morgan fingerprint density at radius 2 is 1.79 bits per heavy atom. The average Bonchev–Trinajstić information content (AvgIpc) is 3.20. The number of nitrogens with one attached hydrogen (secondary N) is 1. The van der Waals surface area contributed by atoms with Gasteiger partial charge in [0, 0.05) is 10.9 Å². The van der Waals surface area contributed by atoms with Gasteiger partial charge >= 0.3 is 12.0 Å². The third kappa shape index (κ3) is 3.04. The molecule has 2 heterocycles. The highest BCUT2D eigenvalue weighted by Crippen LogP contribution is 2.33. The molecule has 1 aromatic heterocycles. The normalized spacial score (nSPS) is 18.9. The minimum atomic E-state index is -1.18. The third-order valence-corrected chi connectivity index (χ3v) is 5.10. The molecule has 3 amide bonds. The highest BCUT2D eigenvalue weighted by molar-refractivity contribution is 6.07. The average molecular weight is 392 g/mol. The lowest BCUT2D eigenvalue weighted by molar-refractivity contribution is -0.131. The summed E-state index contributed by atoms with van der Waals surface area (Å²) in [5.41, 5.74) is 0.439. The second-order valence-electron chi connectivity index (χ2n) is 6.94. The molecule has 7 heteroatoms. The Balaban J connectivity index is 1.73. The minimum absolute atomic E-state index is 0.00182. The monoisotopic (exact) mass is 392 g/mol. The molecule has 1 saturated heterocycles. The zero-order chi connectivity index (χ0) is 20.6. The Labute approximate surface area is 167 Å². The van der Waals surface area contributed by atoms with Crippen LogP contribution in [0.5, 0.6) is 0 Å². The molecule has 29 heavy (non-hydrogen) atoms. The van der Waals surface area contributed by atoms with Crippen LogP contribution in [0.2, 0.25) is 0 Å². The van der Waals surface area contributed by atoms with Gasteiger partial charge in [-0.2, -0.15) is 0 Å². The van der Waals surface area contributed by atoms with Crippen LogP contribution in [0.25, 0.3) is 11.0 Å². The summed E-state index contributed by atoms with van der Waals surface area (Å²) in [5, 5.41) is 3.43. The van der Waals surface area contributed by atoms with Gasteiger partial charge in [0.25, 0.3) is 5.91 Å². The predicted octanol–water partition coefficient (Wildman–Crippen LogP) is 3.58. The highest BCUT2D eigenvalue weighted by Gasteiger charge is 2.49. The SMILES string of the molecule is CCOC(=O)c1oc2ccccc2c1CN1C(=O)N[C@@](C)(c2ccccc2)C1=O. The number of hydrogen-bond acceptors (Lipinski definition) is 5. The Kier molecular flexibility index (Phi) is 4.58. The van der Waals surface area contributed by atoms with Crippen LogP contribution in [0.1, 0.15) is 35.5 Å². The standard InChI is InChI=1S/C22H20N2O5/c1-3-28-19(25)18-16(15-11-7-8-12-17(15)29-18)13-24-20(26)22(2,23-21(24)27)14-9-5-4-6-10-14/h4-12H,3,13H2,1-2H3,(H,23,27)/t22-/m0/s1. The number of carbonyl (C=O) groups is 3. The predicted molar refractivity (Wildman–Crippen MR) is 105 cm³/mol. The van der Waals surface area contributed by atoms with Crippen LogP contribution in [-0.4, -0.2) is 29.4 Å². The molecule has 1 N–H and O–H groups in total. The number of ether oxygens (including phenoxy) is 1. The van der Waals surface area contributed by atoms with E-state index in [4.69, 9.17) is 9.15 Å². The third-order valence-electron chi connectivity index (χ3n) is 5.10. The second-order valence-corrected chi connectivity index (χ2v) is 6.94. The molecule has 1 fully saturated rings. The van der Waals surface area contributed by atoms with E-state index in [1.807, 2.05) is 18.2 Å². The van der Waals surface area contributed by atoms with Crippen LogP contribution in [-0.2, 0) is 21.6 Å². The van der Waals surface area contributed by atoms with Crippen molar-refractivity contribution in [1.82, 2.24) is 10.2 Å². The summed E-state index contributed by atoms with van der Waals surface area (Å²) in [7, 11) is 0. The number of benzene rings is 2. The Morgan fingerprint density at radius 1 is 1.10 bits per heavy atom. The summed E-state index contributed by atoms with van der Waals surface area (Å²) in [6.07, 6.45) is 0. The molecule has 0 bridgehead atoms. The van der Waals surface area contributed by atoms with Gasteiger partial charge < -0.3 is 14.5 Å². The fourth-order valence-electron chi connectivity index (χ4n) is 3.58. The molecular weight excluding hydrogens is 372 g/mol. The van der Waals surface area contributed by atoms with E-state index in [0.29, 0.717) is 22.1 Å². The van der Waals surface area contributed by atoms with Crippen molar-refractivity contribution < 1.29 is 23.5 Å². The molecule has 0 aliphatic carbocycles. The number of furan rings is 1. The van der Waals surface area contributed by atoms with Gasteiger partial charge in [-0.25, -0.2) is 9.59 Å². The van der Waals surface area contributed by atoms with Gasteiger partial charge in [0.05, 0.1) is 13.2 Å². The Morgan fingerprint density at radius 3 is 2.52 bits per heavy atom. The summed E-state index contributed by atoms with van der Waals surface area (Å²) in [6.45, 7) is 3.45. The van der Waals surface area contributed by atoms with Crippen LogP contribution in [0, 0.1) is 0 Å². The molecular formula is C22H20N2O5. The van der Waals surface area contributed by atoms with Crippen molar-refractivity contribution in [3.63, 3.8) is 0 Å². The van der Waals surface area contributed by atoms with E-state index in [1.165, 1.54) is 0 Å². The van der Waals surface area contributed by atoms with E-state index in [0.717, 1.165) is 4.90 Å². The van der Waals surface area contributed by atoms with Gasteiger partial charge in [0.15, 0.2) is 0 Å². The molecule has 1 atom stereocenters. The fraction of sp³-hybridized carbons (Fsp3) is 0.227. The van der Waals surface area contributed by atoms with E-state index in [2.05, 4.69) is 5.32 Å². The van der Waals surface area contributed by atoms with E-state index < -0.39 is 23.4 Å². The molecule has 3 aromatic rings. The number of amides is 3. The van der Waals surface area contributed by atoms with Gasteiger partial charge in [-0.3, -0.25) is 9.69 Å². The van der Waals surface area contributed by atoms with Crippen LogP contribution in [0.3, 0.4) is 0 Å². The first kappa shape index (κ1) is 18.7. The van der Waals surface area contributed by atoms with Crippen LogP contribution in [0.4, 0.5) is 4.79 Å². The number of rotatable bonds is 5. The summed E-state index contributed by atoms with van der Waals surface area (Å²) in [4.78, 5) is 39.4. The van der Waals surface area contributed by atoms with Gasteiger partial charge in [-0.05, 0) is 25.5 Å². The Bertz CT molecular complexity index is 1100. The maximum Gasteiger partial charge on any atom is 0.374 e. The zero-order valence-corrected chi connectivity index (χ0v) is 16.1. The maximum atomic E-state index is 13.2. The molecule has 0 unspecified atom stereocenters. The van der Waals surface area contributed by atoms with E-state index in [-0.39, 0.29) is 18.9 Å². The number of nitrogens with zero attached hydrogens (tertiary/aromatic N) is 1. The van der Waals surface area contributed by atoms with Crippen molar-refractivity contribution in [3.05, 3.63) is 71.5 Å². The number of imide groups is 1.